The third-order valence-corrected chi connectivity index (χ3v) is 3.26. The average molecular weight is 247 g/mol. The minimum absolute atomic E-state index is 0.00559. The van der Waals surface area contributed by atoms with Gasteiger partial charge in [0.2, 0.25) is 0 Å². The fourth-order valence-corrected chi connectivity index (χ4v) is 2.25. The topological polar surface area (TPSA) is 78.9 Å². The number of amides is 1. The van der Waals surface area contributed by atoms with Crippen molar-refractivity contribution in [3.05, 3.63) is 35.9 Å². The molecule has 96 valence electrons. The highest BCUT2D eigenvalue weighted by Gasteiger charge is 2.26. The predicted molar refractivity (Wildman–Crippen MR) is 68.5 cm³/mol. The third kappa shape index (κ3) is 2.61. The van der Waals surface area contributed by atoms with Crippen LogP contribution in [0.2, 0.25) is 0 Å². The lowest BCUT2D eigenvalue weighted by atomic mass is 9.96. The standard InChI is InChI=1S/C13H17N3O2/c14-12(15-18)11-7-4-8-16(9-11)13(17)10-5-2-1-3-6-10/h1-3,5-6,11,18H,4,7-9H2,(H2,14,15). The van der Waals surface area contributed by atoms with E-state index >= 15 is 0 Å². The number of hydrogen-bond donors (Lipinski definition) is 2. The number of rotatable bonds is 2. The number of likely N-dealkylation sites (tertiary alicyclic amines) is 1. The second-order valence-electron chi connectivity index (χ2n) is 4.48. The van der Waals surface area contributed by atoms with Gasteiger partial charge in [0.1, 0.15) is 5.84 Å². The first-order chi connectivity index (χ1) is 8.72. The van der Waals surface area contributed by atoms with Crippen molar-refractivity contribution in [2.45, 2.75) is 12.8 Å². The lowest BCUT2D eigenvalue weighted by Crippen LogP contribution is -2.44. The lowest BCUT2D eigenvalue weighted by molar-refractivity contribution is 0.0701. The van der Waals surface area contributed by atoms with E-state index in [1.807, 2.05) is 18.2 Å². The Hall–Kier alpha value is -2.04. The van der Waals surface area contributed by atoms with E-state index in [1.54, 1.807) is 17.0 Å². The van der Waals surface area contributed by atoms with Gasteiger partial charge in [-0.05, 0) is 25.0 Å². The van der Waals surface area contributed by atoms with Crippen molar-refractivity contribution in [2.75, 3.05) is 13.1 Å². The van der Waals surface area contributed by atoms with Crippen LogP contribution in [0, 0.1) is 5.92 Å². The Morgan fingerprint density at radius 3 is 2.78 bits per heavy atom. The summed E-state index contributed by atoms with van der Waals surface area (Å²) in [7, 11) is 0. The smallest absolute Gasteiger partial charge is 0.253 e. The minimum Gasteiger partial charge on any atom is -0.409 e. The van der Waals surface area contributed by atoms with E-state index in [2.05, 4.69) is 5.16 Å². The summed E-state index contributed by atoms with van der Waals surface area (Å²) in [4.78, 5) is 14.0. The molecule has 1 aliphatic heterocycles. The van der Waals surface area contributed by atoms with E-state index in [1.165, 1.54) is 0 Å². The lowest BCUT2D eigenvalue weighted by Gasteiger charge is -2.32. The monoisotopic (exact) mass is 247 g/mol. The largest absolute Gasteiger partial charge is 0.409 e. The molecular formula is C13H17N3O2. The summed E-state index contributed by atoms with van der Waals surface area (Å²) in [5, 5.41) is 11.7. The van der Waals surface area contributed by atoms with Gasteiger partial charge in [-0.3, -0.25) is 4.79 Å². The average Bonchev–Trinajstić information content (AvgIpc) is 2.46. The van der Waals surface area contributed by atoms with Crippen LogP contribution < -0.4 is 5.73 Å². The fourth-order valence-electron chi connectivity index (χ4n) is 2.25. The molecule has 0 spiro atoms. The maximum atomic E-state index is 12.2. The zero-order valence-corrected chi connectivity index (χ0v) is 10.1. The highest BCUT2D eigenvalue weighted by atomic mass is 16.4. The number of carbonyl (C=O) groups excluding carboxylic acids is 1. The van der Waals surface area contributed by atoms with Crippen LogP contribution in [0.4, 0.5) is 0 Å². The normalized spacial score (nSPS) is 20.8. The van der Waals surface area contributed by atoms with Gasteiger partial charge in [-0.25, -0.2) is 0 Å². The fraction of sp³-hybridized carbons (Fsp3) is 0.385. The van der Waals surface area contributed by atoms with E-state index in [0.717, 1.165) is 19.4 Å². The number of nitrogens with two attached hydrogens (primary N) is 1. The van der Waals surface area contributed by atoms with Crippen LogP contribution in [-0.2, 0) is 0 Å². The zero-order valence-electron chi connectivity index (χ0n) is 10.1. The van der Waals surface area contributed by atoms with Gasteiger partial charge >= 0.3 is 0 Å². The first-order valence-corrected chi connectivity index (χ1v) is 6.04. The summed E-state index contributed by atoms with van der Waals surface area (Å²) in [5.41, 5.74) is 6.29. The molecule has 1 heterocycles. The molecule has 1 aromatic rings. The number of oxime groups is 1. The quantitative estimate of drug-likeness (QED) is 0.357. The number of nitrogens with zero attached hydrogens (tertiary/aromatic N) is 2. The second kappa shape index (κ2) is 5.53. The van der Waals surface area contributed by atoms with Gasteiger partial charge < -0.3 is 15.8 Å². The summed E-state index contributed by atoms with van der Waals surface area (Å²) in [6.45, 7) is 1.24. The van der Waals surface area contributed by atoms with Crippen molar-refractivity contribution in [3.63, 3.8) is 0 Å². The van der Waals surface area contributed by atoms with E-state index in [9.17, 15) is 4.79 Å². The van der Waals surface area contributed by atoms with Crippen LogP contribution in [0.5, 0.6) is 0 Å². The summed E-state index contributed by atoms with van der Waals surface area (Å²) < 4.78 is 0. The van der Waals surface area contributed by atoms with Crippen LogP contribution in [0.1, 0.15) is 23.2 Å². The molecule has 18 heavy (non-hydrogen) atoms. The summed E-state index contributed by atoms with van der Waals surface area (Å²) >= 11 is 0. The predicted octanol–water partition coefficient (Wildman–Crippen LogP) is 1.29. The SMILES string of the molecule is NC(=NO)C1CCCN(C(=O)c2ccccc2)C1. The molecule has 3 N–H and O–H groups in total. The number of carbonyl (C=O) groups is 1. The Morgan fingerprint density at radius 1 is 1.39 bits per heavy atom. The Morgan fingerprint density at radius 2 is 2.11 bits per heavy atom. The number of piperidine rings is 1. The Balaban J connectivity index is 2.08. The molecular weight excluding hydrogens is 230 g/mol. The summed E-state index contributed by atoms with van der Waals surface area (Å²) in [6, 6.07) is 9.17. The Bertz CT molecular complexity index is 445. The highest BCUT2D eigenvalue weighted by Crippen LogP contribution is 2.18. The first kappa shape index (κ1) is 12.4. The maximum Gasteiger partial charge on any atom is 0.253 e. The van der Waals surface area contributed by atoms with Gasteiger partial charge in [0.05, 0.1) is 0 Å². The molecule has 1 fully saturated rings. The van der Waals surface area contributed by atoms with E-state index in [0.29, 0.717) is 12.1 Å². The molecule has 0 saturated carbocycles. The van der Waals surface area contributed by atoms with Gasteiger partial charge in [0, 0.05) is 24.6 Å². The summed E-state index contributed by atoms with van der Waals surface area (Å²) in [6.07, 6.45) is 1.73. The van der Waals surface area contributed by atoms with Crippen molar-refractivity contribution in [3.8, 4) is 0 Å². The molecule has 0 radical (unpaired) electrons. The molecule has 1 aromatic carbocycles. The molecule has 0 aliphatic carbocycles. The van der Waals surface area contributed by atoms with Crippen molar-refractivity contribution < 1.29 is 10.0 Å². The molecule has 1 aliphatic rings. The zero-order chi connectivity index (χ0) is 13.0. The van der Waals surface area contributed by atoms with Crippen molar-refractivity contribution in [1.29, 1.82) is 0 Å². The molecule has 1 amide bonds. The molecule has 0 bridgehead atoms. The Kier molecular flexibility index (Phi) is 3.82. The van der Waals surface area contributed by atoms with Crippen LogP contribution in [0.25, 0.3) is 0 Å². The van der Waals surface area contributed by atoms with Crippen LogP contribution in [0.3, 0.4) is 0 Å². The van der Waals surface area contributed by atoms with E-state index < -0.39 is 0 Å². The van der Waals surface area contributed by atoms with Gasteiger partial charge in [-0.2, -0.15) is 0 Å². The number of hydrogen-bond acceptors (Lipinski definition) is 3. The van der Waals surface area contributed by atoms with Gasteiger partial charge in [0.25, 0.3) is 5.91 Å². The minimum atomic E-state index is -0.0450. The number of benzene rings is 1. The number of amidine groups is 1. The van der Waals surface area contributed by atoms with Crippen LogP contribution >= 0.6 is 0 Å². The first-order valence-electron chi connectivity index (χ1n) is 6.04. The maximum absolute atomic E-state index is 12.2. The molecule has 2 rings (SSSR count). The van der Waals surface area contributed by atoms with Gasteiger partial charge in [-0.15, -0.1) is 0 Å². The van der Waals surface area contributed by atoms with E-state index in [4.69, 9.17) is 10.9 Å². The van der Waals surface area contributed by atoms with Gasteiger partial charge in [0.15, 0.2) is 0 Å². The Labute approximate surface area is 106 Å². The molecule has 5 nitrogen and oxygen atoms in total. The molecule has 1 saturated heterocycles. The van der Waals surface area contributed by atoms with Crippen LogP contribution in [-0.4, -0.2) is 34.9 Å². The van der Waals surface area contributed by atoms with Crippen molar-refractivity contribution in [2.24, 2.45) is 16.8 Å². The molecule has 1 unspecified atom stereocenters. The van der Waals surface area contributed by atoms with Crippen LogP contribution in [0.15, 0.2) is 35.5 Å². The molecule has 5 heteroatoms. The van der Waals surface area contributed by atoms with Crippen molar-refractivity contribution in [1.82, 2.24) is 4.90 Å². The van der Waals surface area contributed by atoms with E-state index in [-0.39, 0.29) is 17.7 Å². The van der Waals surface area contributed by atoms with Gasteiger partial charge in [-0.1, -0.05) is 23.4 Å². The highest BCUT2D eigenvalue weighted by molar-refractivity contribution is 5.94. The second-order valence-corrected chi connectivity index (χ2v) is 4.48. The molecule has 1 atom stereocenters. The molecule has 0 aromatic heterocycles. The summed E-state index contributed by atoms with van der Waals surface area (Å²) in [5.74, 6) is 0.169. The third-order valence-electron chi connectivity index (χ3n) is 3.26. The van der Waals surface area contributed by atoms with Crippen molar-refractivity contribution >= 4 is 11.7 Å².